The quantitative estimate of drug-likeness (QED) is 0.712. The van der Waals surface area contributed by atoms with Crippen molar-refractivity contribution in [2.75, 3.05) is 19.9 Å². The fourth-order valence-electron chi connectivity index (χ4n) is 2.58. The van der Waals surface area contributed by atoms with Crippen LogP contribution in [0.1, 0.15) is 5.56 Å². The van der Waals surface area contributed by atoms with Gasteiger partial charge < -0.3 is 4.74 Å². The first kappa shape index (κ1) is 16.5. The summed E-state index contributed by atoms with van der Waals surface area (Å²) in [5.41, 5.74) is 3.66. The van der Waals surface area contributed by atoms with Crippen LogP contribution in [-0.4, -0.2) is 47.7 Å². The third-order valence-corrected chi connectivity index (χ3v) is 4.40. The van der Waals surface area contributed by atoms with Crippen molar-refractivity contribution in [3.05, 3.63) is 36.4 Å². The van der Waals surface area contributed by atoms with Crippen molar-refractivity contribution in [1.82, 2.24) is 24.1 Å². The van der Waals surface area contributed by atoms with Crippen LogP contribution in [0.2, 0.25) is 0 Å². The molecular weight excluding hydrogens is 330 g/mol. The van der Waals surface area contributed by atoms with Crippen LogP contribution in [0, 0.1) is 0 Å². The van der Waals surface area contributed by atoms with Crippen LogP contribution < -0.4 is 9.46 Å². The molecule has 8 nitrogen and oxygen atoms in total. The summed E-state index contributed by atoms with van der Waals surface area (Å²) >= 11 is 0. The van der Waals surface area contributed by atoms with Gasteiger partial charge in [-0.15, -0.1) is 0 Å². The zero-order valence-electron chi connectivity index (χ0n) is 13.7. The molecule has 0 fully saturated rings. The van der Waals surface area contributed by atoms with Crippen LogP contribution in [0.15, 0.2) is 30.9 Å². The molecule has 0 saturated carbocycles. The third kappa shape index (κ3) is 3.41. The van der Waals surface area contributed by atoms with E-state index in [1.54, 1.807) is 28.7 Å². The van der Waals surface area contributed by atoms with Gasteiger partial charge in [0.25, 0.3) is 0 Å². The lowest BCUT2D eigenvalue weighted by molar-refractivity contribution is 0.417. The van der Waals surface area contributed by atoms with Crippen molar-refractivity contribution in [3.63, 3.8) is 0 Å². The Bertz CT molecular complexity index is 974. The second kappa shape index (κ2) is 6.25. The molecule has 0 aliphatic carbocycles. The number of pyridine rings is 1. The Labute approximate surface area is 140 Å². The molecule has 0 amide bonds. The smallest absolute Gasteiger partial charge is 0.208 e. The Morgan fingerprint density at radius 2 is 2.00 bits per heavy atom. The van der Waals surface area contributed by atoms with Gasteiger partial charge in [0.15, 0.2) is 0 Å². The van der Waals surface area contributed by atoms with Gasteiger partial charge in [-0.3, -0.25) is 4.68 Å². The lowest BCUT2D eigenvalue weighted by atomic mass is 10.1. The summed E-state index contributed by atoms with van der Waals surface area (Å²) in [6, 6.07) is 1.93. The average Bonchev–Trinajstić information content (AvgIpc) is 3.12. The van der Waals surface area contributed by atoms with Gasteiger partial charge in [-0.05, 0) is 12.5 Å². The highest BCUT2D eigenvalue weighted by atomic mass is 32.2. The standard InChI is InChI=1S/C15H19N5O3S/c1-19-9-13(8-16-19)12-6-14(23-2)15-11(7-17-20(15)10-12)4-5-18-24(3,21)22/h6-10,18H,4-5H2,1-3H3. The second-order valence-corrected chi connectivity index (χ2v) is 7.41. The molecule has 0 radical (unpaired) electrons. The number of nitrogens with zero attached hydrogens (tertiary/aromatic N) is 4. The molecule has 1 N–H and O–H groups in total. The number of hydrogen-bond donors (Lipinski definition) is 1. The third-order valence-electron chi connectivity index (χ3n) is 3.67. The van der Waals surface area contributed by atoms with Gasteiger partial charge in [0.05, 0.1) is 25.8 Å². The summed E-state index contributed by atoms with van der Waals surface area (Å²) in [6.45, 7) is 0.313. The molecule has 0 atom stereocenters. The number of fused-ring (bicyclic) bond motifs is 1. The van der Waals surface area contributed by atoms with Gasteiger partial charge in [-0.25, -0.2) is 17.7 Å². The maximum Gasteiger partial charge on any atom is 0.208 e. The topological polar surface area (TPSA) is 90.5 Å². The summed E-state index contributed by atoms with van der Waals surface area (Å²) in [5.74, 6) is 0.684. The molecule has 0 aliphatic heterocycles. The molecule has 3 aromatic heterocycles. The predicted octanol–water partition coefficient (Wildman–Crippen LogP) is 0.835. The first-order chi connectivity index (χ1) is 11.4. The van der Waals surface area contributed by atoms with E-state index >= 15 is 0 Å². The van der Waals surface area contributed by atoms with Crippen LogP contribution in [0.25, 0.3) is 16.6 Å². The Balaban J connectivity index is 1.96. The van der Waals surface area contributed by atoms with E-state index in [4.69, 9.17) is 4.74 Å². The molecule has 128 valence electrons. The zero-order valence-corrected chi connectivity index (χ0v) is 14.5. The van der Waals surface area contributed by atoms with Gasteiger partial charge >= 0.3 is 0 Å². The maximum absolute atomic E-state index is 11.2. The van der Waals surface area contributed by atoms with Crippen molar-refractivity contribution in [1.29, 1.82) is 0 Å². The number of aryl methyl sites for hydroxylation is 1. The SMILES string of the molecule is COc1cc(-c2cnn(C)c2)cn2ncc(CCNS(C)(=O)=O)c12. The number of sulfonamides is 1. The van der Waals surface area contributed by atoms with Gasteiger partial charge in [-0.2, -0.15) is 10.2 Å². The Hall–Kier alpha value is -2.39. The molecule has 0 aliphatic rings. The Morgan fingerprint density at radius 1 is 1.21 bits per heavy atom. The fourth-order valence-corrected chi connectivity index (χ4v) is 3.06. The summed E-state index contributed by atoms with van der Waals surface area (Å²) in [4.78, 5) is 0. The maximum atomic E-state index is 11.2. The Kier molecular flexibility index (Phi) is 4.29. The molecule has 3 aromatic rings. The minimum atomic E-state index is -3.20. The number of aromatic nitrogens is 4. The van der Waals surface area contributed by atoms with E-state index < -0.39 is 10.0 Å². The molecule has 24 heavy (non-hydrogen) atoms. The predicted molar refractivity (Wildman–Crippen MR) is 90.5 cm³/mol. The van der Waals surface area contributed by atoms with Crippen molar-refractivity contribution >= 4 is 15.5 Å². The lowest BCUT2D eigenvalue weighted by Crippen LogP contribution is -2.24. The van der Waals surface area contributed by atoms with Crippen LogP contribution in [-0.2, 0) is 23.5 Å². The average molecular weight is 349 g/mol. The highest BCUT2D eigenvalue weighted by Gasteiger charge is 2.13. The van der Waals surface area contributed by atoms with Crippen molar-refractivity contribution in [2.45, 2.75) is 6.42 Å². The molecular formula is C15H19N5O3S. The van der Waals surface area contributed by atoms with E-state index in [0.717, 1.165) is 28.5 Å². The van der Waals surface area contributed by atoms with E-state index in [9.17, 15) is 8.42 Å². The van der Waals surface area contributed by atoms with E-state index in [0.29, 0.717) is 18.7 Å². The van der Waals surface area contributed by atoms with Crippen molar-refractivity contribution in [3.8, 4) is 16.9 Å². The second-order valence-electron chi connectivity index (χ2n) is 5.58. The van der Waals surface area contributed by atoms with Gasteiger partial charge in [0.2, 0.25) is 10.0 Å². The van der Waals surface area contributed by atoms with Crippen LogP contribution >= 0.6 is 0 Å². The summed E-state index contributed by atoms with van der Waals surface area (Å²) in [6.07, 6.45) is 9.00. The van der Waals surface area contributed by atoms with Crippen molar-refractivity contribution in [2.24, 2.45) is 7.05 Å². The lowest BCUT2D eigenvalue weighted by Gasteiger charge is -2.08. The van der Waals surface area contributed by atoms with Crippen LogP contribution in [0.5, 0.6) is 5.75 Å². The monoisotopic (exact) mass is 349 g/mol. The number of hydrogen-bond acceptors (Lipinski definition) is 5. The van der Waals surface area contributed by atoms with E-state index in [-0.39, 0.29) is 0 Å². The highest BCUT2D eigenvalue weighted by Crippen LogP contribution is 2.29. The first-order valence-corrected chi connectivity index (χ1v) is 9.24. The van der Waals surface area contributed by atoms with Gasteiger partial charge in [0.1, 0.15) is 11.3 Å². The highest BCUT2D eigenvalue weighted by molar-refractivity contribution is 7.88. The minimum absolute atomic E-state index is 0.313. The summed E-state index contributed by atoms with van der Waals surface area (Å²) < 4.78 is 33.9. The fraction of sp³-hybridized carbons (Fsp3) is 0.333. The summed E-state index contributed by atoms with van der Waals surface area (Å²) in [5, 5.41) is 8.55. The van der Waals surface area contributed by atoms with E-state index in [1.807, 2.05) is 25.5 Å². The van der Waals surface area contributed by atoms with Crippen molar-refractivity contribution < 1.29 is 13.2 Å². The molecule has 9 heteroatoms. The van der Waals surface area contributed by atoms with E-state index in [2.05, 4.69) is 14.9 Å². The van der Waals surface area contributed by atoms with Crippen LogP contribution in [0.4, 0.5) is 0 Å². The molecule has 3 heterocycles. The molecule has 0 aromatic carbocycles. The van der Waals surface area contributed by atoms with E-state index in [1.165, 1.54) is 0 Å². The summed E-state index contributed by atoms with van der Waals surface area (Å²) in [7, 11) is 0.262. The minimum Gasteiger partial charge on any atom is -0.494 e. The molecule has 0 bridgehead atoms. The van der Waals surface area contributed by atoms with Gasteiger partial charge in [-0.1, -0.05) is 0 Å². The molecule has 3 rings (SSSR count). The zero-order chi connectivity index (χ0) is 17.3. The number of methoxy groups -OCH3 is 1. The normalized spacial score (nSPS) is 12.0. The Morgan fingerprint density at radius 3 is 2.62 bits per heavy atom. The number of nitrogens with one attached hydrogen (secondary N) is 1. The first-order valence-electron chi connectivity index (χ1n) is 7.35. The number of rotatable bonds is 6. The molecule has 0 spiro atoms. The van der Waals surface area contributed by atoms with Crippen LogP contribution in [0.3, 0.4) is 0 Å². The number of ether oxygens (including phenoxy) is 1. The molecule has 0 unspecified atom stereocenters. The van der Waals surface area contributed by atoms with Gasteiger partial charge in [0, 0.05) is 42.7 Å². The largest absolute Gasteiger partial charge is 0.494 e. The molecule has 0 saturated heterocycles.